The molecule has 2 N–H and O–H groups in total. The number of amides is 1. The highest BCUT2D eigenvalue weighted by Crippen LogP contribution is 2.26. The first kappa shape index (κ1) is 12.6. The molecule has 2 aliphatic heterocycles. The number of nitrogens with one attached hydrogen (secondary N) is 1. The first-order valence-electron chi connectivity index (χ1n) is 6.26. The zero-order valence-electron chi connectivity index (χ0n) is 10.8. The molecule has 5 heteroatoms. The summed E-state index contributed by atoms with van der Waals surface area (Å²) >= 11 is 0. The summed E-state index contributed by atoms with van der Waals surface area (Å²) in [4.78, 5) is 13.6. The second-order valence-corrected chi connectivity index (χ2v) is 5.97. The van der Waals surface area contributed by atoms with Crippen LogP contribution in [0.5, 0.6) is 0 Å². The van der Waals surface area contributed by atoms with Crippen LogP contribution in [0.4, 0.5) is 4.79 Å². The van der Waals surface area contributed by atoms with Crippen LogP contribution < -0.4 is 5.32 Å². The second-order valence-electron chi connectivity index (χ2n) is 5.97. The number of fused-ring (bicyclic) bond motifs is 1. The van der Waals surface area contributed by atoms with E-state index in [0.717, 1.165) is 13.0 Å². The summed E-state index contributed by atoms with van der Waals surface area (Å²) < 4.78 is 5.34. The summed E-state index contributed by atoms with van der Waals surface area (Å²) in [5, 5.41) is 13.2. The fraction of sp³-hybridized carbons (Fsp3) is 0.917. The Morgan fingerprint density at radius 1 is 1.41 bits per heavy atom. The molecule has 2 aliphatic rings. The van der Waals surface area contributed by atoms with Gasteiger partial charge in [0, 0.05) is 25.0 Å². The van der Waals surface area contributed by atoms with E-state index in [4.69, 9.17) is 4.74 Å². The molecule has 0 aromatic rings. The summed E-state index contributed by atoms with van der Waals surface area (Å²) in [7, 11) is 0. The standard InChI is InChI=1S/C12H22N2O3/c1-12(2,3)17-11(16)14-6-8-9(7-14)13-5-4-10(8)15/h8-10,13,15H,4-7H2,1-3H3. The molecule has 5 nitrogen and oxygen atoms in total. The Kier molecular flexibility index (Phi) is 3.32. The smallest absolute Gasteiger partial charge is 0.410 e. The Bertz CT molecular complexity index is 301. The molecule has 2 fully saturated rings. The summed E-state index contributed by atoms with van der Waals surface area (Å²) in [6.45, 7) is 7.64. The minimum absolute atomic E-state index is 0.149. The van der Waals surface area contributed by atoms with E-state index in [2.05, 4.69) is 5.32 Å². The topological polar surface area (TPSA) is 61.8 Å². The average molecular weight is 242 g/mol. The SMILES string of the molecule is CC(C)(C)OC(=O)N1CC2NCCC(O)C2C1. The van der Waals surface area contributed by atoms with Gasteiger partial charge in [-0.05, 0) is 33.7 Å². The van der Waals surface area contributed by atoms with E-state index in [1.807, 2.05) is 20.8 Å². The number of hydrogen-bond acceptors (Lipinski definition) is 4. The molecule has 0 aliphatic carbocycles. The lowest BCUT2D eigenvalue weighted by atomic mass is 9.91. The lowest BCUT2D eigenvalue weighted by molar-refractivity contribution is 0.0266. The second kappa shape index (κ2) is 4.46. The number of hydrogen-bond donors (Lipinski definition) is 2. The Balaban J connectivity index is 1.95. The Hall–Kier alpha value is -0.810. The number of rotatable bonds is 0. The molecular weight excluding hydrogens is 220 g/mol. The van der Waals surface area contributed by atoms with Gasteiger partial charge in [0.15, 0.2) is 0 Å². The number of aliphatic hydroxyl groups excluding tert-OH is 1. The minimum atomic E-state index is -0.461. The summed E-state index contributed by atoms with van der Waals surface area (Å²) in [5.41, 5.74) is -0.461. The van der Waals surface area contributed by atoms with Crippen molar-refractivity contribution in [1.82, 2.24) is 10.2 Å². The van der Waals surface area contributed by atoms with Crippen LogP contribution in [-0.2, 0) is 4.74 Å². The largest absolute Gasteiger partial charge is 0.444 e. The molecule has 98 valence electrons. The van der Waals surface area contributed by atoms with Crippen molar-refractivity contribution in [2.45, 2.75) is 44.9 Å². The van der Waals surface area contributed by atoms with Crippen molar-refractivity contribution < 1.29 is 14.6 Å². The monoisotopic (exact) mass is 242 g/mol. The molecule has 0 spiro atoms. The Morgan fingerprint density at radius 3 is 2.71 bits per heavy atom. The lowest BCUT2D eigenvalue weighted by Gasteiger charge is -2.29. The molecule has 1 amide bonds. The van der Waals surface area contributed by atoms with Gasteiger partial charge in [-0.2, -0.15) is 0 Å². The van der Waals surface area contributed by atoms with Crippen molar-refractivity contribution in [2.24, 2.45) is 5.92 Å². The van der Waals surface area contributed by atoms with Crippen molar-refractivity contribution in [3.8, 4) is 0 Å². The van der Waals surface area contributed by atoms with E-state index >= 15 is 0 Å². The molecule has 17 heavy (non-hydrogen) atoms. The molecule has 0 aromatic heterocycles. The van der Waals surface area contributed by atoms with Crippen LogP contribution in [0.15, 0.2) is 0 Å². The van der Waals surface area contributed by atoms with Crippen LogP contribution in [0, 0.1) is 5.92 Å². The van der Waals surface area contributed by atoms with Gasteiger partial charge in [-0.1, -0.05) is 0 Å². The number of carbonyl (C=O) groups is 1. The van der Waals surface area contributed by atoms with Gasteiger partial charge in [0.05, 0.1) is 6.10 Å². The summed E-state index contributed by atoms with van der Waals surface area (Å²) in [6.07, 6.45) is 0.193. The summed E-state index contributed by atoms with van der Waals surface area (Å²) in [6, 6.07) is 0.214. The van der Waals surface area contributed by atoms with E-state index < -0.39 is 5.60 Å². The normalized spacial score (nSPS) is 33.4. The third kappa shape index (κ3) is 2.90. The maximum absolute atomic E-state index is 11.9. The first-order valence-corrected chi connectivity index (χ1v) is 6.26. The Labute approximate surface area is 102 Å². The van der Waals surface area contributed by atoms with Crippen molar-refractivity contribution in [2.75, 3.05) is 19.6 Å². The minimum Gasteiger partial charge on any atom is -0.444 e. The van der Waals surface area contributed by atoms with E-state index in [0.29, 0.717) is 13.1 Å². The average Bonchev–Trinajstić information content (AvgIpc) is 2.60. The first-order chi connectivity index (χ1) is 7.87. The fourth-order valence-electron chi connectivity index (χ4n) is 2.54. The number of aliphatic hydroxyl groups is 1. The van der Waals surface area contributed by atoms with E-state index in [-0.39, 0.29) is 24.2 Å². The van der Waals surface area contributed by atoms with Crippen LogP contribution in [0.2, 0.25) is 0 Å². The number of nitrogens with zero attached hydrogens (tertiary/aromatic N) is 1. The molecule has 2 rings (SSSR count). The zero-order chi connectivity index (χ0) is 12.6. The number of likely N-dealkylation sites (tertiary alicyclic amines) is 1. The van der Waals surface area contributed by atoms with E-state index in [9.17, 15) is 9.90 Å². The predicted octanol–water partition coefficient (Wildman–Crippen LogP) is 0.576. The molecule has 0 radical (unpaired) electrons. The van der Waals surface area contributed by atoms with Gasteiger partial charge in [-0.15, -0.1) is 0 Å². The molecule has 2 saturated heterocycles. The Morgan fingerprint density at radius 2 is 2.12 bits per heavy atom. The highest BCUT2D eigenvalue weighted by atomic mass is 16.6. The quantitative estimate of drug-likeness (QED) is 0.652. The highest BCUT2D eigenvalue weighted by Gasteiger charge is 2.42. The molecule has 0 saturated carbocycles. The molecular formula is C12H22N2O3. The molecule has 0 aromatic carbocycles. The van der Waals surface area contributed by atoms with Crippen molar-refractivity contribution >= 4 is 6.09 Å². The van der Waals surface area contributed by atoms with Gasteiger partial charge in [0.25, 0.3) is 0 Å². The maximum atomic E-state index is 11.9. The van der Waals surface area contributed by atoms with E-state index in [1.165, 1.54) is 0 Å². The molecule has 3 unspecified atom stereocenters. The molecule has 0 bridgehead atoms. The van der Waals surface area contributed by atoms with Gasteiger partial charge < -0.3 is 20.1 Å². The zero-order valence-corrected chi connectivity index (χ0v) is 10.8. The number of carbonyl (C=O) groups excluding carboxylic acids is 1. The fourth-order valence-corrected chi connectivity index (χ4v) is 2.54. The van der Waals surface area contributed by atoms with Crippen LogP contribution in [0.1, 0.15) is 27.2 Å². The maximum Gasteiger partial charge on any atom is 0.410 e. The third-order valence-electron chi connectivity index (χ3n) is 3.36. The number of piperidine rings is 1. The van der Waals surface area contributed by atoms with Crippen LogP contribution in [0.3, 0.4) is 0 Å². The van der Waals surface area contributed by atoms with Crippen LogP contribution in [0.25, 0.3) is 0 Å². The van der Waals surface area contributed by atoms with Crippen molar-refractivity contribution in [3.63, 3.8) is 0 Å². The van der Waals surface area contributed by atoms with Gasteiger partial charge in [-0.3, -0.25) is 0 Å². The lowest BCUT2D eigenvalue weighted by Crippen LogP contribution is -2.47. The van der Waals surface area contributed by atoms with Gasteiger partial charge in [0.1, 0.15) is 5.60 Å². The summed E-state index contributed by atoms with van der Waals surface area (Å²) in [5.74, 6) is 0.149. The van der Waals surface area contributed by atoms with E-state index in [1.54, 1.807) is 4.90 Å². The molecule has 2 heterocycles. The predicted molar refractivity (Wildman–Crippen MR) is 63.7 cm³/mol. The van der Waals surface area contributed by atoms with Crippen LogP contribution in [-0.4, -0.2) is 53.5 Å². The van der Waals surface area contributed by atoms with Crippen LogP contribution >= 0.6 is 0 Å². The number of ether oxygens (including phenoxy) is 1. The van der Waals surface area contributed by atoms with Crippen molar-refractivity contribution in [1.29, 1.82) is 0 Å². The van der Waals surface area contributed by atoms with Gasteiger partial charge in [0.2, 0.25) is 0 Å². The highest BCUT2D eigenvalue weighted by molar-refractivity contribution is 5.68. The van der Waals surface area contributed by atoms with Crippen molar-refractivity contribution in [3.05, 3.63) is 0 Å². The molecule has 3 atom stereocenters. The van der Waals surface area contributed by atoms with Gasteiger partial charge in [-0.25, -0.2) is 4.79 Å². The third-order valence-corrected chi connectivity index (χ3v) is 3.36. The van der Waals surface area contributed by atoms with Gasteiger partial charge >= 0.3 is 6.09 Å².